The summed E-state index contributed by atoms with van der Waals surface area (Å²) in [7, 11) is 0. The second kappa shape index (κ2) is 5.82. The van der Waals surface area contributed by atoms with Crippen LogP contribution in [-0.2, 0) is 17.4 Å². The molecule has 0 radical (unpaired) electrons. The summed E-state index contributed by atoms with van der Waals surface area (Å²) in [6.07, 6.45) is -3.79. The number of pyridine rings is 1. The molecule has 1 aromatic heterocycles. The predicted octanol–water partition coefficient (Wildman–Crippen LogP) is 3.52. The third kappa shape index (κ3) is 3.71. The van der Waals surface area contributed by atoms with Crippen molar-refractivity contribution in [2.45, 2.75) is 12.6 Å². The van der Waals surface area contributed by atoms with E-state index in [9.17, 15) is 18.0 Å². The number of halogens is 3. The van der Waals surface area contributed by atoms with Gasteiger partial charge in [-0.05, 0) is 18.2 Å². The zero-order chi connectivity index (χ0) is 15.5. The van der Waals surface area contributed by atoms with Crippen LogP contribution in [-0.4, -0.2) is 16.1 Å². The number of hydrogen-bond acceptors (Lipinski definition) is 3. The molecule has 0 spiro atoms. The highest BCUT2D eigenvalue weighted by molar-refractivity contribution is 5.71. The minimum absolute atomic E-state index is 0.0316. The van der Waals surface area contributed by atoms with Gasteiger partial charge in [-0.15, -0.1) is 0 Å². The Morgan fingerprint density at radius 1 is 1.19 bits per heavy atom. The summed E-state index contributed by atoms with van der Waals surface area (Å²) in [6, 6.07) is 7.98. The summed E-state index contributed by atoms with van der Waals surface area (Å²) in [6.45, 7) is 0. The zero-order valence-electron chi connectivity index (χ0n) is 10.6. The van der Waals surface area contributed by atoms with Crippen molar-refractivity contribution in [1.82, 2.24) is 4.98 Å². The maximum Gasteiger partial charge on any atom is 0.421 e. The normalized spacial score (nSPS) is 11.2. The number of nitrogens with zero attached hydrogens (tertiary/aromatic N) is 1. The third-order valence-electron chi connectivity index (χ3n) is 2.60. The fraction of sp³-hybridized carbons (Fsp3) is 0.143. The molecule has 1 aromatic carbocycles. The number of benzene rings is 1. The third-order valence-corrected chi connectivity index (χ3v) is 2.60. The quantitative estimate of drug-likeness (QED) is 0.938. The van der Waals surface area contributed by atoms with Gasteiger partial charge >= 0.3 is 12.1 Å². The summed E-state index contributed by atoms with van der Waals surface area (Å²) in [5, 5.41) is 8.79. The van der Waals surface area contributed by atoms with Crippen molar-refractivity contribution in [3.63, 3.8) is 0 Å². The summed E-state index contributed by atoms with van der Waals surface area (Å²) in [5.74, 6) is -1.69. The Bertz CT molecular complexity index is 656. The molecule has 0 amide bonds. The van der Waals surface area contributed by atoms with Crippen molar-refractivity contribution in [1.29, 1.82) is 0 Å². The number of carboxylic acids is 1. The van der Waals surface area contributed by atoms with E-state index in [1.54, 1.807) is 6.07 Å². The van der Waals surface area contributed by atoms with Crippen LogP contribution in [0.15, 0.2) is 42.6 Å². The van der Waals surface area contributed by atoms with Gasteiger partial charge in [0.1, 0.15) is 11.3 Å². The molecular formula is C14H10F3NO3. The Morgan fingerprint density at radius 2 is 1.90 bits per heavy atom. The van der Waals surface area contributed by atoms with Crippen LogP contribution in [0.1, 0.15) is 11.1 Å². The highest BCUT2D eigenvalue weighted by Crippen LogP contribution is 2.37. The van der Waals surface area contributed by atoms with Crippen molar-refractivity contribution in [3.8, 4) is 11.6 Å². The molecule has 0 saturated heterocycles. The number of carboxylic acid groups (broad SMARTS) is 1. The molecule has 0 aliphatic heterocycles. The van der Waals surface area contributed by atoms with Crippen LogP contribution < -0.4 is 4.74 Å². The average Bonchev–Trinajstić information content (AvgIpc) is 2.40. The SMILES string of the molecule is O=C(O)Cc1ccccc1Oc1ncccc1C(F)(F)F. The molecule has 0 bridgehead atoms. The van der Waals surface area contributed by atoms with Gasteiger partial charge in [0, 0.05) is 11.8 Å². The monoisotopic (exact) mass is 297 g/mol. The fourth-order valence-corrected chi connectivity index (χ4v) is 1.70. The molecule has 1 N–H and O–H groups in total. The molecule has 7 heteroatoms. The Labute approximate surface area is 117 Å². The first-order chi connectivity index (χ1) is 9.88. The number of carbonyl (C=O) groups is 1. The maximum absolute atomic E-state index is 12.8. The van der Waals surface area contributed by atoms with E-state index in [-0.39, 0.29) is 17.7 Å². The standard InChI is InChI=1S/C14H10F3NO3/c15-14(16,17)10-5-3-7-18-13(10)21-11-6-2-1-4-9(11)8-12(19)20/h1-7H,8H2,(H,19,20). The average molecular weight is 297 g/mol. The van der Waals surface area contributed by atoms with Gasteiger partial charge in [0.15, 0.2) is 0 Å². The van der Waals surface area contributed by atoms with Crippen LogP contribution in [0.2, 0.25) is 0 Å². The molecule has 1 heterocycles. The minimum atomic E-state index is -4.61. The predicted molar refractivity (Wildman–Crippen MR) is 67.1 cm³/mol. The van der Waals surface area contributed by atoms with Crippen LogP contribution in [0.3, 0.4) is 0 Å². The van der Waals surface area contributed by atoms with Gasteiger partial charge in [-0.1, -0.05) is 18.2 Å². The van der Waals surface area contributed by atoms with Crippen LogP contribution in [0.4, 0.5) is 13.2 Å². The van der Waals surface area contributed by atoms with Crippen molar-refractivity contribution >= 4 is 5.97 Å². The lowest BCUT2D eigenvalue weighted by molar-refractivity contribution is -0.139. The van der Waals surface area contributed by atoms with Crippen LogP contribution in [0.5, 0.6) is 11.6 Å². The largest absolute Gasteiger partial charge is 0.481 e. The molecule has 0 fully saturated rings. The van der Waals surface area contributed by atoms with Crippen LogP contribution >= 0.6 is 0 Å². The minimum Gasteiger partial charge on any atom is -0.481 e. The zero-order valence-corrected chi connectivity index (χ0v) is 10.6. The Balaban J connectivity index is 2.38. The molecular weight excluding hydrogens is 287 g/mol. The number of alkyl halides is 3. The summed E-state index contributed by atoms with van der Waals surface area (Å²) in [4.78, 5) is 14.3. The molecule has 0 aliphatic rings. The van der Waals surface area contributed by atoms with E-state index in [2.05, 4.69) is 4.98 Å². The molecule has 0 atom stereocenters. The van der Waals surface area contributed by atoms with Crippen molar-refractivity contribution < 1.29 is 27.8 Å². The Kier molecular flexibility index (Phi) is 4.11. The molecule has 2 rings (SSSR count). The van der Waals surface area contributed by atoms with Crippen molar-refractivity contribution in [2.24, 2.45) is 0 Å². The second-order valence-electron chi connectivity index (χ2n) is 4.13. The van der Waals surface area contributed by atoms with E-state index in [0.29, 0.717) is 0 Å². The van der Waals surface area contributed by atoms with Crippen LogP contribution in [0, 0.1) is 0 Å². The molecule has 0 aliphatic carbocycles. The van der Waals surface area contributed by atoms with E-state index >= 15 is 0 Å². The number of ether oxygens (including phenoxy) is 1. The van der Waals surface area contributed by atoms with Gasteiger partial charge in [0.25, 0.3) is 0 Å². The second-order valence-corrected chi connectivity index (χ2v) is 4.13. The van der Waals surface area contributed by atoms with Gasteiger partial charge in [-0.3, -0.25) is 4.79 Å². The summed E-state index contributed by atoms with van der Waals surface area (Å²) < 4.78 is 43.7. The van der Waals surface area contributed by atoms with E-state index in [1.165, 1.54) is 24.4 Å². The summed E-state index contributed by atoms with van der Waals surface area (Å²) >= 11 is 0. The van der Waals surface area contributed by atoms with Gasteiger partial charge in [0.05, 0.1) is 6.42 Å². The van der Waals surface area contributed by atoms with E-state index < -0.39 is 23.6 Å². The maximum atomic E-state index is 12.8. The first-order valence-corrected chi connectivity index (χ1v) is 5.87. The number of rotatable bonds is 4. The Morgan fingerprint density at radius 3 is 2.57 bits per heavy atom. The van der Waals surface area contributed by atoms with E-state index in [0.717, 1.165) is 12.1 Å². The fourth-order valence-electron chi connectivity index (χ4n) is 1.70. The lowest BCUT2D eigenvalue weighted by Crippen LogP contribution is -2.09. The van der Waals surface area contributed by atoms with Gasteiger partial charge in [-0.25, -0.2) is 4.98 Å². The van der Waals surface area contributed by atoms with E-state index in [4.69, 9.17) is 9.84 Å². The molecule has 0 unspecified atom stereocenters. The van der Waals surface area contributed by atoms with Crippen LogP contribution in [0.25, 0.3) is 0 Å². The van der Waals surface area contributed by atoms with E-state index in [1.807, 2.05) is 0 Å². The van der Waals surface area contributed by atoms with Gasteiger partial charge < -0.3 is 9.84 Å². The number of aromatic nitrogens is 1. The number of para-hydroxylation sites is 1. The topological polar surface area (TPSA) is 59.4 Å². The summed E-state index contributed by atoms with van der Waals surface area (Å²) in [5.41, 5.74) is -0.751. The number of aliphatic carboxylic acids is 1. The Hall–Kier alpha value is -2.57. The first kappa shape index (κ1) is 14.8. The molecule has 4 nitrogen and oxygen atoms in total. The molecule has 21 heavy (non-hydrogen) atoms. The molecule has 0 saturated carbocycles. The highest BCUT2D eigenvalue weighted by atomic mass is 19.4. The molecule has 110 valence electrons. The first-order valence-electron chi connectivity index (χ1n) is 5.87. The lowest BCUT2D eigenvalue weighted by atomic mass is 10.1. The van der Waals surface area contributed by atoms with Gasteiger partial charge in [0.2, 0.25) is 5.88 Å². The number of hydrogen-bond donors (Lipinski definition) is 1. The van der Waals surface area contributed by atoms with Crippen molar-refractivity contribution in [3.05, 3.63) is 53.7 Å². The highest BCUT2D eigenvalue weighted by Gasteiger charge is 2.35. The smallest absolute Gasteiger partial charge is 0.421 e. The van der Waals surface area contributed by atoms with Crippen molar-refractivity contribution in [2.75, 3.05) is 0 Å². The van der Waals surface area contributed by atoms with Gasteiger partial charge in [-0.2, -0.15) is 13.2 Å². The lowest BCUT2D eigenvalue weighted by Gasteiger charge is -2.13. The molecule has 2 aromatic rings.